The molecule has 0 spiro atoms. The van der Waals surface area contributed by atoms with E-state index in [1.807, 2.05) is 0 Å². The Labute approximate surface area is 115 Å². The molecule has 0 aromatic carbocycles. The molecular weight excluding hydrogens is 264 g/mol. The highest BCUT2D eigenvalue weighted by atomic mass is 16.5. The molecule has 2 heterocycles. The molecule has 0 bridgehead atoms. The Hall–Kier alpha value is -1.70. The van der Waals surface area contributed by atoms with E-state index in [1.165, 1.54) is 16.8 Å². The molecule has 1 fully saturated rings. The van der Waals surface area contributed by atoms with Crippen LogP contribution in [0.15, 0.2) is 28.4 Å². The van der Waals surface area contributed by atoms with Crippen molar-refractivity contribution in [1.82, 2.24) is 9.55 Å². The number of nitrogens with one attached hydrogen (secondary N) is 1. The fraction of sp³-hybridized carbons (Fsp3) is 0.538. The predicted molar refractivity (Wildman–Crippen MR) is 71.4 cm³/mol. The number of ether oxygens (including phenoxy) is 1. The van der Waals surface area contributed by atoms with Gasteiger partial charge in [-0.2, -0.15) is 0 Å². The van der Waals surface area contributed by atoms with E-state index in [0.717, 1.165) is 0 Å². The number of aromatic nitrogens is 2. The van der Waals surface area contributed by atoms with Gasteiger partial charge in [0.15, 0.2) is 0 Å². The third-order valence-corrected chi connectivity index (χ3v) is 3.38. The van der Waals surface area contributed by atoms with Gasteiger partial charge < -0.3 is 14.9 Å². The zero-order valence-corrected chi connectivity index (χ0v) is 11.2. The summed E-state index contributed by atoms with van der Waals surface area (Å²) >= 11 is 0. The zero-order chi connectivity index (χ0) is 14.9. The minimum atomic E-state index is -0.882. The van der Waals surface area contributed by atoms with E-state index < -0.39 is 35.8 Å². The van der Waals surface area contributed by atoms with Crippen molar-refractivity contribution in [3.8, 4) is 0 Å². The second-order valence-electron chi connectivity index (χ2n) is 4.93. The van der Waals surface area contributed by atoms with Gasteiger partial charge >= 0.3 is 5.69 Å². The van der Waals surface area contributed by atoms with Gasteiger partial charge in [0, 0.05) is 18.2 Å². The van der Waals surface area contributed by atoms with Crippen molar-refractivity contribution >= 4 is 0 Å². The summed E-state index contributed by atoms with van der Waals surface area (Å²) in [7, 11) is 0. The summed E-state index contributed by atoms with van der Waals surface area (Å²) in [6.45, 7) is 5.09. The van der Waals surface area contributed by atoms with Gasteiger partial charge in [-0.3, -0.25) is 14.3 Å². The molecule has 0 aliphatic carbocycles. The molecular formula is C13H18N2O5. The highest BCUT2D eigenvalue weighted by Crippen LogP contribution is 2.30. The SMILES string of the molecule is C=CCC(O)[C@H]1O[C@@H](n2cc(C)c(=O)[nH]c2=O)C[C@@H]1O. The molecule has 1 aromatic rings. The number of aliphatic hydroxyl groups is 2. The lowest BCUT2D eigenvalue weighted by Crippen LogP contribution is -2.35. The number of H-pyrrole nitrogens is 1. The summed E-state index contributed by atoms with van der Waals surface area (Å²) in [6, 6.07) is 0. The number of hydrogen-bond acceptors (Lipinski definition) is 5. The Kier molecular flexibility index (Phi) is 4.22. The third kappa shape index (κ3) is 2.74. The van der Waals surface area contributed by atoms with Crippen LogP contribution in [-0.2, 0) is 4.74 Å². The second-order valence-corrected chi connectivity index (χ2v) is 4.93. The molecule has 0 amide bonds. The van der Waals surface area contributed by atoms with Gasteiger partial charge in [0.1, 0.15) is 12.3 Å². The second kappa shape index (κ2) is 5.74. The normalized spacial score (nSPS) is 27.4. The van der Waals surface area contributed by atoms with Crippen LogP contribution >= 0.6 is 0 Å². The van der Waals surface area contributed by atoms with Gasteiger partial charge in [0.25, 0.3) is 5.56 Å². The largest absolute Gasteiger partial charge is 0.390 e. The number of aliphatic hydroxyl groups excluding tert-OH is 2. The van der Waals surface area contributed by atoms with Crippen LogP contribution in [0.1, 0.15) is 24.6 Å². The maximum Gasteiger partial charge on any atom is 0.330 e. The van der Waals surface area contributed by atoms with E-state index in [9.17, 15) is 19.8 Å². The zero-order valence-electron chi connectivity index (χ0n) is 11.2. The Balaban J connectivity index is 2.24. The van der Waals surface area contributed by atoms with Crippen LogP contribution in [0.2, 0.25) is 0 Å². The topological polar surface area (TPSA) is 105 Å². The molecule has 0 radical (unpaired) electrons. The van der Waals surface area contributed by atoms with Crippen molar-refractivity contribution in [2.45, 2.75) is 44.3 Å². The van der Waals surface area contributed by atoms with E-state index >= 15 is 0 Å². The van der Waals surface area contributed by atoms with E-state index in [0.29, 0.717) is 5.56 Å². The van der Waals surface area contributed by atoms with Gasteiger partial charge in [0.05, 0.1) is 12.2 Å². The Bertz CT molecular complexity index is 606. The first-order valence-electron chi connectivity index (χ1n) is 6.38. The molecule has 1 saturated heterocycles. The van der Waals surface area contributed by atoms with Crippen molar-refractivity contribution in [3.05, 3.63) is 45.3 Å². The molecule has 1 aliphatic rings. The monoisotopic (exact) mass is 282 g/mol. The van der Waals surface area contributed by atoms with Gasteiger partial charge in [-0.05, 0) is 13.3 Å². The smallest absolute Gasteiger partial charge is 0.330 e. The Morgan fingerprint density at radius 1 is 1.65 bits per heavy atom. The van der Waals surface area contributed by atoms with Crippen molar-refractivity contribution in [2.24, 2.45) is 0 Å². The lowest BCUT2D eigenvalue weighted by atomic mass is 10.1. The average molecular weight is 282 g/mol. The fourth-order valence-corrected chi connectivity index (χ4v) is 2.30. The highest BCUT2D eigenvalue weighted by molar-refractivity contribution is 5.02. The van der Waals surface area contributed by atoms with Crippen molar-refractivity contribution in [3.63, 3.8) is 0 Å². The molecule has 3 N–H and O–H groups in total. The standard InChI is InChI=1S/C13H18N2O5/c1-3-4-8(16)11-9(17)5-10(20-11)15-6-7(2)12(18)14-13(15)19/h3,6,8-11,16-17H,1,4-5H2,2H3,(H,14,18,19)/t8?,9-,10+,11+/m0/s1. The molecule has 110 valence electrons. The molecule has 1 aliphatic heterocycles. The molecule has 2 rings (SSSR count). The van der Waals surface area contributed by atoms with Gasteiger partial charge in [0.2, 0.25) is 0 Å². The Morgan fingerprint density at radius 3 is 3.00 bits per heavy atom. The van der Waals surface area contributed by atoms with Crippen molar-refractivity contribution in [1.29, 1.82) is 0 Å². The minimum Gasteiger partial charge on any atom is -0.390 e. The van der Waals surface area contributed by atoms with Gasteiger partial charge in [-0.15, -0.1) is 6.58 Å². The summed E-state index contributed by atoms with van der Waals surface area (Å²) in [5.41, 5.74) is -0.678. The van der Waals surface area contributed by atoms with Crippen LogP contribution < -0.4 is 11.2 Å². The van der Waals surface area contributed by atoms with E-state index in [-0.39, 0.29) is 12.8 Å². The van der Waals surface area contributed by atoms with Crippen molar-refractivity contribution in [2.75, 3.05) is 0 Å². The molecule has 20 heavy (non-hydrogen) atoms. The quantitative estimate of drug-likeness (QED) is 0.642. The molecule has 4 atom stereocenters. The third-order valence-electron chi connectivity index (χ3n) is 3.38. The lowest BCUT2D eigenvalue weighted by molar-refractivity contribution is -0.0819. The summed E-state index contributed by atoms with van der Waals surface area (Å²) in [4.78, 5) is 25.3. The first kappa shape index (κ1) is 14.7. The van der Waals surface area contributed by atoms with Crippen LogP contribution in [-0.4, -0.2) is 38.1 Å². The maximum atomic E-state index is 11.8. The predicted octanol–water partition coefficient (Wildman–Crippen LogP) is -0.570. The Morgan fingerprint density at radius 2 is 2.35 bits per heavy atom. The van der Waals surface area contributed by atoms with E-state index in [1.54, 1.807) is 6.92 Å². The van der Waals surface area contributed by atoms with E-state index in [4.69, 9.17) is 4.74 Å². The first-order valence-corrected chi connectivity index (χ1v) is 6.38. The maximum absolute atomic E-state index is 11.8. The number of rotatable bonds is 4. The summed E-state index contributed by atoms with van der Waals surface area (Å²) in [6.07, 6.45) is 0.125. The number of nitrogens with zero attached hydrogens (tertiary/aromatic N) is 1. The van der Waals surface area contributed by atoms with Crippen LogP contribution in [0.3, 0.4) is 0 Å². The fourth-order valence-electron chi connectivity index (χ4n) is 2.30. The lowest BCUT2D eigenvalue weighted by Gasteiger charge is -2.20. The molecule has 1 aromatic heterocycles. The van der Waals surface area contributed by atoms with Crippen LogP contribution in [0.25, 0.3) is 0 Å². The summed E-state index contributed by atoms with van der Waals surface area (Å²) in [5, 5.41) is 19.8. The van der Waals surface area contributed by atoms with Crippen molar-refractivity contribution < 1.29 is 14.9 Å². The number of hydrogen-bond donors (Lipinski definition) is 3. The summed E-state index contributed by atoms with van der Waals surface area (Å²) < 4.78 is 6.77. The molecule has 0 saturated carbocycles. The van der Waals surface area contributed by atoms with Gasteiger partial charge in [-0.25, -0.2) is 4.79 Å². The van der Waals surface area contributed by atoms with Crippen LogP contribution in [0.5, 0.6) is 0 Å². The van der Waals surface area contributed by atoms with Crippen LogP contribution in [0, 0.1) is 6.92 Å². The van der Waals surface area contributed by atoms with Gasteiger partial charge in [-0.1, -0.05) is 6.08 Å². The number of aromatic amines is 1. The first-order chi connectivity index (χ1) is 9.43. The summed E-state index contributed by atoms with van der Waals surface area (Å²) in [5.74, 6) is 0. The molecule has 1 unspecified atom stereocenters. The highest BCUT2D eigenvalue weighted by Gasteiger charge is 2.39. The average Bonchev–Trinajstić information content (AvgIpc) is 2.76. The van der Waals surface area contributed by atoms with E-state index in [2.05, 4.69) is 11.6 Å². The molecule has 7 nitrogen and oxygen atoms in total. The van der Waals surface area contributed by atoms with Crippen LogP contribution in [0.4, 0.5) is 0 Å². The minimum absolute atomic E-state index is 0.171. The number of aryl methyl sites for hydroxylation is 1. The molecule has 7 heteroatoms.